The van der Waals surface area contributed by atoms with Gasteiger partial charge >= 0.3 is 11.8 Å². The molecule has 0 radical (unpaired) electrons. The van der Waals surface area contributed by atoms with Gasteiger partial charge in [0.15, 0.2) is 17.3 Å². The molecular formula is C17H18F2N6O2. The van der Waals surface area contributed by atoms with Crippen molar-refractivity contribution >= 4 is 5.91 Å². The van der Waals surface area contributed by atoms with Crippen LogP contribution in [0.1, 0.15) is 43.1 Å². The third-order valence-corrected chi connectivity index (χ3v) is 4.18. The van der Waals surface area contributed by atoms with Gasteiger partial charge in [0.05, 0.1) is 11.4 Å². The lowest BCUT2D eigenvalue weighted by Gasteiger charge is -2.12. The molecule has 0 unspecified atom stereocenters. The van der Waals surface area contributed by atoms with Crippen LogP contribution >= 0.6 is 0 Å². The van der Waals surface area contributed by atoms with E-state index in [4.69, 9.17) is 4.42 Å². The molecule has 2 aromatic heterocycles. The molecule has 0 aliphatic carbocycles. The highest BCUT2D eigenvalue weighted by atomic mass is 19.2. The number of nitrogens with one attached hydrogen (secondary N) is 1. The first-order valence-corrected chi connectivity index (χ1v) is 8.47. The summed E-state index contributed by atoms with van der Waals surface area (Å²) in [6.45, 7) is 5.59. The number of carbonyl (C=O) groups excluding carboxylic acids is 1. The van der Waals surface area contributed by atoms with Crippen LogP contribution < -0.4 is 5.32 Å². The minimum absolute atomic E-state index is 0.0102. The molecule has 0 saturated heterocycles. The average molecular weight is 376 g/mol. The molecule has 3 aromatic rings. The van der Waals surface area contributed by atoms with Crippen LogP contribution in [0.15, 0.2) is 22.6 Å². The van der Waals surface area contributed by atoms with E-state index in [0.29, 0.717) is 5.69 Å². The Labute approximate surface area is 153 Å². The Bertz CT molecular complexity index is 964. The molecule has 142 valence electrons. The van der Waals surface area contributed by atoms with Gasteiger partial charge in [0, 0.05) is 12.1 Å². The van der Waals surface area contributed by atoms with Crippen molar-refractivity contribution in [2.45, 2.75) is 39.7 Å². The van der Waals surface area contributed by atoms with Gasteiger partial charge in [0.1, 0.15) is 0 Å². The van der Waals surface area contributed by atoms with Crippen molar-refractivity contribution in [2.24, 2.45) is 0 Å². The van der Waals surface area contributed by atoms with Gasteiger partial charge in [-0.25, -0.2) is 13.5 Å². The van der Waals surface area contributed by atoms with Crippen molar-refractivity contribution in [3.63, 3.8) is 0 Å². The lowest BCUT2D eigenvalue weighted by atomic mass is 10.2. The second kappa shape index (κ2) is 7.60. The summed E-state index contributed by atoms with van der Waals surface area (Å²) in [4.78, 5) is 12.2. The molecule has 10 heteroatoms. The van der Waals surface area contributed by atoms with Crippen LogP contribution in [-0.2, 0) is 0 Å². The van der Waals surface area contributed by atoms with Gasteiger partial charge in [-0.05, 0) is 31.9 Å². The molecule has 27 heavy (non-hydrogen) atoms. The zero-order valence-electron chi connectivity index (χ0n) is 15.0. The Balaban J connectivity index is 1.86. The molecule has 1 amide bonds. The van der Waals surface area contributed by atoms with Crippen molar-refractivity contribution in [2.75, 3.05) is 0 Å². The number of amides is 1. The van der Waals surface area contributed by atoms with E-state index in [-0.39, 0.29) is 29.2 Å². The van der Waals surface area contributed by atoms with Crippen LogP contribution in [0, 0.1) is 18.6 Å². The molecule has 3 rings (SSSR count). The number of nitrogens with zero attached hydrogens (tertiary/aromatic N) is 5. The highest BCUT2D eigenvalue weighted by Gasteiger charge is 2.22. The number of carbonyl (C=O) groups is 1. The molecule has 0 aliphatic rings. The number of halogens is 2. The Morgan fingerprint density at radius 2 is 1.93 bits per heavy atom. The summed E-state index contributed by atoms with van der Waals surface area (Å²) in [6.07, 6.45) is 1.57. The van der Waals surface area contributed by atoms with Crippen LogP contribution in [0.5, 0.6) is 0 Å². The zero-order valence-corrected chi connectivity index (χ0v) is 15.0. The van der Waals surface area contributed by atoms with Gasteiger partial charge in [-0.3, -0.25) is 4.79 Å². The van der Waals surface area contributed by atoms with E-state index in [0.717, 1.165) is 25.0 Å². The first kappa shape index (κ1) is 18.6. The van der Waals surface area contributed by atoms with Crippen molar-refractivity contribution in [3.05, 3.63) is 41.4 Å². The monoisotopic (exact) mass is 376 g/mol. The van der Waals surface area contributed by atoms with Crippen LogP contribution in [0.2, 0.25) is 0 Å². The van der Waals surface area contributed by atoms with Gasteiger partial charge in [0.2, 0.25) is 0 Å². The van der Waals surface area contributed by atoms with E-state index in [1.54, 1.807) is 6.92 Å². The topological polar surface area (TPSA) is 98.7 Å². The van der Waals surface area contributed by atoms with E-state index >= 15 is 0 Å². The summed E-state index contributed by atoms with van der Waals surface area (Å²) < 4.78 is 33.3. The summed E-state index contributed by atoms with van der Waals surface area (Å²) in [5.41, 5.74) is 1.00. The summed E-state index contributed by atoms with van der Waals surface area (Å²) in [6, 6.07) is 3.39. The molecule has 0 aliphatic heterocycles. The molecule has 2 heterocycles. The maximum absolute atomic E-state index is 13.5. The molecule has 0 fully saturated rings. The lowest BCUT2D eigenvalue weighted by molar-refractivity contribution is 0.0900. The average Bonchev–Trinajstić information content (AvgIpc) is 3.28. The molecule has 1 aromatic carbocycles. The number of hydrogen-bond donors (Lipinski definition) is 1. The fourth-order valence-electron chi connectivity index (χ4n) is 2.54. The van der Waals surface area contributed by atoms with E-state index < -0.39 is 17.5 Å². The molecule has 0 atom stereocenters. The van der Waals surface area contributed by atoms with Gasteiger partial charge in [-0.2, -0.15) is 0 Å². The molecule has 8 nitrogen and oxygen atoms in total. The Hall–Kier alpha value is -3.17. The molecule has 1 N–H and O–H groups in total. The number of benzene rings is 1. The van der Waals surface area contributed by atoms with Crippen molar-refractivity contribution in [1.82, 2.24) is 30.5 Å². The SMILES string of the molecule is CCC(CC)NC(=O)c1nnc(-c2nnn(-c3ccc(F)c(F)c3)c2C)o1. The first-order valence-electron chi connectivity index (χ1n) is 8.47. The van der Waals surface area contributed by atoms with Crippen LogP contribution in [-0.4, -0.2) is 37.1 Å². The maximum atomic E-state index is 13.5. The third-order valence-electron chi connectivity index (χ3n) is 4.18. The molecular weight excluding hydrogens is 358 g/mol. The summed E-state index contributed by atoms with van der Waals surface area (Å²) >= 11 is 0. The number of aromatic nitrogens is 5. The Kier molecular flexibility index (Phi) is 5.24. The summed E-state index contributed by atoms with van der Waals surface area (Å²) in [5, 5.41) is 18.2. The van der Waals surface area contributed by atoms with Gasteiger partial charge in [-0.1, -0.05) is 19.1 Å². The normalized spacial score (nSPS) is 11.2. The van der Waals surface area contributed by atoms with E-state index in [1.807, 2.05) is 13.8 Å². The summed E-state index contributed by atoms with van der Waals surface area (Å²) in [5.74, 6) is -2.59. The Morgan fingerprint density at radius 3 is 2.59 bits per heavy atom. The van der Waals surface area contributed by atoms with Crippen molar-refractivity contribution < 1.29 is 18.0 Å². The fraction of sp³-hybridized carbons (Fsp3) is 0.353. The van der Waals surface area contributed by atoms with Crippen molar-refractivity contribution in [3.8, 4) is 17.3 Å². The third kappa shape index (κ3) is 3.69. The smallest absolute Gasteiger partial charge is 0.309 e. The lowest BCUT2D eigenvalue weighted by Crippen LogP contribution is -2.34. The highest BCUT2D eigenvalue weighted by Crippen LogP contribution is 2.22. The van der Waals surface area contributed by atoms with Gasteiger partial charge < -0.3 is 9.73 Å². The minimum Gasteiger partial charge on any atom is -0.410 e. The predicted octanol–water partition coefficient (Wildman–Crippen LogP) is 2.82. The summed E-state index contributed by atoms with van der Waals surface area (Å²) in [7, 11) is 0. The zero-order chi connectivity index (χ0) is 19.6. The fourth-order valence-corrected chi connectivity index (χ4v) is 2.54. The van der Waals surface area contributed by atoms with E-state index in [9.17, 15) is 13.6 Å². The van der Waals surface area contributed by atoms with Crippen molar-refractivity contribution in [1.29, 1.82) is 0 Å². The van der Waals surface area contributed by atoms with Crippen LogP contribution in [0.25, 0.3) is 17.3 Å². The number of hydrogen-bond acceptors (Lipinski definition) is 6. The minimum atomic E-state index is -0.998. The van der Waals surface area contributed by atoms with Gasteiger partial charge in [-0.15, -0.1) is 15.3 Å². The second-order valence-electron chi connectivity index (χ2n) is 5.93. The standard InChI is InChI=1S/C17H18F2N6O2/c1-4-10(5-2)20-15(26)17-23-22-16(27-17)14-9(3)25(24-21-14)11-6-7-12(18)13(19)8-11/h6-8,10H,4-5H2,1-3H3,(H,20,26). The van der Waals surface area contributed by atoms with Gasteiger partial charge in [0.25, 0.3) is 5.89 Å². The Morgan fingerprint density at radius 1 is 1.19 bits per heavy atom. The predicted molar refractivity (Wildman–Crippen MR) is 91.1 cm³/mol. The van der Waals surface area contributed by atoms with E-state index in [2.05, 4.69) is 25.8 Å². The van der Waals surface area contributed by atoms with E-state index in [1.165, 1.54) is 10.7 Å². The molecule has 0 saturated carbocycles. The highest BCUT2D eigenvalue weighted by molar-refractivity contribution is 5.89. The van der Waals surface area contributed by atoms with Crippen LogP contribution in [0.4, 0.5) is 8.78 Å². The number of rotatable bonds is 6. The molecule has 0 bridgehead atoms. The quantitative estimate of drug-likeness (QED) is 0.710. The maximum Gasteiger partial charge on any atom is 0.309 e. The molecule has 0 spiro atoms. The second-order valence-corrected chi connectivity index (χ2v) is 5.93. The van der Waals surface area contributed by atoms with Crippen LogP contribution in [0.3, 0.4) is 0 Å². The first-order chi connectivity index (χ1) is 12.9. The largest absolute Gasteiger partial charge is 0.410 e.